The van der Waals surface area contributed by atoms with Crippen molar-refractivity contribution in [2.45, 2.75) is 0 Å². The fourth-order valence-electron chi connectivity index (χ4n) is 1.06. The number of amides is 2. The van der Waals surface area contributed by atoms with E-state index in [1.807, 2.05) is 5.43 Å². The van der Waals surface area contributed by atoms with Crippen molar-refractivity contribution in [3.05, 3.63) is 36.8 Å². The van der Waals surface area contributed by atoms with E-state index < -0.39 is 18.0 Å². The summed E-state index contributed by atoms with van der Waals surface area (Å²) in [4.78, 5) is 37.1. The van der Waals surface area contributed by atoms with Crippen molar-refractivity contribution in [2.75, 3.05) is 26.3 Å². The van der Waals surface area contributed by atoms with E-state index in [1.54, 1.807) is 0 Å². The zero-order chi connectivity index (χ0) is 15.4. The molecule has 0 heterocycles. The molecule has 1 N–H and O–H groups in total. The predicted molar refractivity (Wildman–Crippen MR) is 69.0 cm³/mol. The Hall–Kier alpha value is -2.82. The van der Waals surface area contributed by atoms with Gasteiger partial charge in [-0.05, 0) is 5.43 Å². The number of esters is 2. The molecule has 0 spiro atoms. The second kappa shape index (κ2) is 10.1. The van der Waals surface area contributed by atoms with Crippen molar-refractivity contribution in [1.82, 2.24) is 10.3 Å². The molecule has 0 unspecified atom stereocenters. The molecule has 0 aliphatic heterocycles. The molecule has 0 fully saturated rings. The first-order valence-electron chi connectivity index (χ1n) is 5.55. The average Bonchev–Trinajstić information content (AvgIpc) is 2.45. The molecule has 8 nitrogen and oxygen atoms in total. The van der Waals surface area contributed by atoms with Crippen LogP contribution in [0.5, 0.6) is 0 Å². The van der Waals surface area contributed by atoms with Crippen molar-refractivity contribution in [1.29, 1.82) is 0 Å². The minimum Gasteiger partial charge on any atom is -0.461 e. The zero-order valence-electron chi connectivity index (χ0n) is 10.8. The van der Waals surface area contributed by atoms with E-state index in [0.29, 0.717) is 0 Å². The van der Waals surface area contributed by atoms with Crippen LogP contribution in [-0.4, -0.2) is 49.2 Å². The average molecular weight is 281 g/mol. The van der Waals surface area contributed by atoms with Gasteiger partial charge < -0.3 is 14.4 Å². The Labute approximate surface area is 116 Å². The van der Waals surface area contributed by atoms with Crippen LogP contribution in [0.2, 0.25) is 0 Å². The molecule has 20 heavy (non-hydrogen) atoms. The highest BCUT2D eigenvalue weighted by atomic mass is 16.5. The van der Waals surface area contributed by atoms with Gasteiger partial charge in [-0.15, -0.1) is 0 Å². The topological polar surface area (TPSA) is 89.3 Å². The summed E-state index contributed by atoms with van der Waals surface area (Å²) in [5, 5.41) is 0. The van der Waals surface area contributed by atoms with Gasteiger partial charge in [-0.1, -0.05) is 13.2 Å². The van der Waals surface area contributed by atoms with Gasteiger partial charge in [-0.2, -0.15) is 11.5 Å². The molecule has 0 radical (unpaired) electrons. The number of ether oxygens (including phenoxy) is 2. The normalized spacial score (nSPS) is 8.75. The van der Waals surface area contributed by atoms with E-state index >= 15 is 0 Å². The maximum Gasteiger partial charge on any atom is 0.382 e. The lowest BCUT2D eigenvalue weighted by Gasteiger charge is -2.19. The van der Waals surface area contributed by atoms with Crippen LogP contribution < -0.4 is 5.43 Å². The number of hydrogen-bond donors (Lipinski definition) is 1. The molecule has 8 heteroatoms. The van der Waals surface area contributed by atoms with Crippen LogP contribution in [0, 0.1) is 6.57 Å². The van der Waals surface area contributed by atoms with Gasteiger partial charge in [-0.3, -0.25) is 0 Å². The number of nitrogens with zero attached hydrogens (tertiary/aromatic N) is 2. The highest BCUT2D eigenvalue weighted by Crippen LogP contribution is 1.93. The highest BCUT2D eigenvalue weighted by Gasteiger charge is 2.16. The molecular weight excluding hydrogens is 266 g/mol. The molecule has 0 saturated heterocycles. The molecule has 108 valence electrons. The van der Waals surface area contributed by atoms with Gasteiger partial charge in [0.2, 0.25) is 0 Å². The van der Waals surface area contributed by atoms with E-state index in [4.69, 9.17) is 16.0 Å². The number of carbonyl (C=O) groups excluding carboxylic acids is 3. The van der Waals surface area contributed by atoms with Gasteiger partial charge in [0, 0.05) is 12.2 Å². The SMILES string of the molecule is [C-]#[N+]NC(=O)N(CCOC(=O)C=C)CCOC(=O)C=C. The largest absolute Gasteiger partial charge is 0.461 e. The summed E-state index contributed by atoms with van der Waals surface area (Å²) in [5.41, 5.74) is 1.91. The first kappa shape index (κ1) is 17.2. The Morgan fingerprint density at radius 3 is 1.90 bits per heavy atom. The lowest BCUT2D eigenvalue weighted by molar-refractivity contribution is -0.138. The van der Waals surface area contributed by atoms with E-state index in [0.717, 1.165) is 12.2 Å². The maximum absolute atomic E-state index is 11.5. The Morgan fingerprint density at radius 2 is 1.55 bits per heavy atom. The van der Waals surface area contributed by atoms with E-state index in [9.17, 15) is 14.4 Å². The first-order chi connectivity index (χ1) is 9.54. The number of urea groups is 1. The summed E-state index contributed by atoms with van der Waals surface area (Å²) >= 11 is 0. The first-order valence-corrected chi connectivity index (χ1v) is 5.55. The molecule has 0 aromatic rings. The Kier molecular flexibility index (Phi) is 8.71. The monoisotopic (exact) mass is 281 g/mol. The number of nitrogens with one attached hydrogen (secondary N) is 1. The maximum atomic E-state index is 11.5. The fraction of sp³-hybridized carbons (Fsp3) is 0.333. The Balaban J connectivity index is 4.27. The van der Waals surface area contributed by atoms with Crippen LogP contribution in [0.25, 0.3) is 4.95 Å². The molecule has 0 saturated carbocycles. The quantitative estimate of drug-likeness (QED) is 0.299. The van der Waals surface area contributed by atoms with Crippen LogP contribution in [-0.2, 0) is 19.1 Å². The summed E-state index contributed by atoms with van der Waals surface area (Å²) < 4.78 is 9.44. The third-order valence-corrected chi connectivity index (χ3v) is 1.98. The van der Waals surface area contributed by atoms with Gasteiger partial charge in [0.1, 0.15) is 13.2 Å². The number of hydrogen-bond acceptors (Lipinski definition) is 5. The standard InChI is InChI=1S/C12H15N3O5/c1-4-10(16)19-8-6-15(12(18)14-13-3)7-9-20-11(17)5-2/h4-5H,1-2,6-9H2,(H,14,18). The molecule has 0 aliphatic rings. The predicted octanol–water partition coefficient (Wildman–Crippen LogP) is 0.291. The third-order valence-electron chi connectivity index (χ3n) is 1.98. The lowest BCUT2D eigenvalue weighted by atomic mass is 10.5. The van der Waals surface area contributed by atoms with Crippen LogP contribution >= 0.6 is 0 Å². The second-order valence-corrected chi connectivity index (χ2v) is 3.26. The minimum absolute atomic E-state index is 0.0482. The van der Waals surface area contributed by atoms with Gasteiger partial charge >= 0.3 is 18.0 Å². The molecule has 0 bridgehead atoms. The summed E-state index contributed by atoms with van der Waals surface area (Å²) in [6, 6.07) is -0.677. The summed E-state index contributed by atoms with van der Waals surface area (Å²) in [6.07, 6.45) is 1.99. The minimum atomic E-state index is -0.677. The van der Waals surface area contributed by atoms with Crippen LogP contribution in [0.1, 0.15) is 0 Å². The highest BCUT2D eigenvalue weighted by molar-refractivity contribution is 5.81. The fourth-order valence-corrected chi connectivity index (χ4v) is 1.06. The van der Waals surface area contributed by atoms with Crippen molar-refractivity contribution >= 4 is 18.0 Å². The number of rotatable bonds is 8. The van der Waals surface area contributed by atoms with Crippen LogP contribution in [0.15, 0.2) is 25.3 Å². The van der Waals surface area contributed by atoms with E-state index in [-0.39, 0.29) is 26.3 Å². The van der Waals surface area contributed by atoms with Gasteiger partial charge in [0.25, 0.3) is 0 Å². The van der Waals surface area contributed by atoms with Crippen LogP contribution in [0.3, 0.4) is 0 Å². The Morgan fingerprint density at radius 1 is 1.10 bits per heavy atom. The summed E-state index contributed by atoms with van der Waals surface area (Å²) in [6.45, 7) is 13.0. The molecule has 0 aromatic carbocycles. The lowest BCUT2D eigenvalue weighted by Crippen LogP contribution is -2.41. The third kappa shape index (κ3) is 7.50. The van der Waals surface area contributed by atoms with Gasteiger partial charge in [0.15, 0.2) is 0 Å². The van der Waals surface area contributed by atoms with Crippen LogP contribution in [0.4, 0.5) is 4.79 Å². The Bertz CT molecular complexity index is 401. The van der Waals surface area contributed by atoms with E-state index in [2.05, 4.69) is 18.1 Å². The molecule has 2 amide bonds. The molecule has 0 rings (SSSR count). The van der Waals surface area contributed by atoms with Crippen molar-refractivity contribution < 1.29 is 23.9 Å². The molecule has 0 aromatic heterocycles. The summed E-state index contributed by atoms with van der Waals surface area (Å²) in [7, 11) is 0. The second-order valence-electron chi connectivity index (χ2n) is 3.26. The van der Waals surface area contributed by atoms with Gasteiger partial charge in [0.05, 0.1) is 13.1 Å². The zero-order valence-corrected chi connectivity index (χ0v) is 10.8. The van der Waals surface area contributed by atoms with Crippen molar-refractivity contribution in [3.63, 3.8) is 0 Å². The van der Waals surface area contributed by atoms with Gasteiger partial charge in [-0.25, -0.2) is 14.4 Å². The smallest absolute Gasteiger partial charge is 0.382 e. The molecule has 0 aliphatic carbocycles. The van der Waals surface area contributed by atoms with E-state index in [1.165, 1.54) is 4.90 Å². The summed E-state index contributed by atoms with van der Waals surface area (Å²) in [5.74, 6) is -1.23. The molecular formula is C12H15N3O5. The number of carbonyl (C=O) groups is 3. The van der Waals surface area contributed by atoms with Crippen molar-refractivity contribution in [3.8, 4) is 0 Å². The molecule has 0 atom stereocenters. The van der Waals surface area contributed by atoms with Crippen molar-refractivity contribution in [2.24, 2.45) is 0 Å².